The number of amides is 2. The first kappa shape index (κ1) is 24.0. The van der Waals surface area contributed by atoms with E-state index in [1.165, 1.54) is 5.56 Å². The van der Waals surface area contributed by atoms with Gasteiger partial charge in [0.1, 0.15) is 5.75 Å². The van der Waals surface area contributed by atoms with Gasteiger partial charge in [-0.15, -0.1) is 0 Å². The van der Waals surface area contributed by atoms with E-state index in [9.17, 15) is 9.59 Å². The molecule has 0 bridgehead atoms. The van der Waals surface area contributed by atoms with E-state index in [4.69, 9.17) is 9.47 Å². The summed E-state index contributed by atoms with van der Waals surface area (Å²) in [5, 5.41) is 5.79. The highest BCUT2D eigenvalue weighted by atomic mass is 79.9. The van der Waals surface area contributed by atoms with Crippen LogP contribution in [0.5, 0.6) is 5.75 Å². The Balaban J connectivity index is 1.39. The van der Waals surface area contributed by atoms with E-state index in [1.807, 2.05) is 36.4 Å². The lowest BCUT2D eigenvalue weighted by Crippen LogP contribution is -2.31. The van der Waals surface area contributed by atoms with Crippen LogP contribution in [0.1, 0.15) is 39.1 Å². The Kier molecular flexibility index (Phi) is 8.33. The molecule has 3 aromatic rings. The summed E-state index contributed by atoms with van der Waals surface area (Å²) < 4.78 is 12.3. The van der Waals surface area contributed by atoms with Gasteiger partial charge in [-0.05, 0) is 54.8 Å². The number of hydrogen-bond acceptors (Lipinski definition) is 4. The second-order valence-electron chi connectivity index (χ2n) is 8.10. The molecular formula is C27H27BrN2O4. The van der Waals surface area contributed by atoms with E-state index in [0.717, 1.165) is 30.3 Å². The Labute approximate surface area is 207 Å². The Morgan fingerprint density at radius 2 is 1.85 bits per heavy atom. The van der Waals surface area contributed by atoms with Crippen LogP contribution >= 0.6 is 15.9 Å². The summed E-state index contributed by atoms with van der Waals surface area (Å²) in [5.74, 6) is -0.00555. The quantitative estimate of drug-likeness (QED) is 0.403. The lowest BCUT2D eigenvalue weighted by atomic mass is 10.1. The van der Waals surface area contributed by atoms with Crippen LogP contribution in [0.25, 0.3) is 0 Å². The SMILES string of the molecule is O=C(NCC1CCCO1)c1cccc(NC(=O)c2cc(Br)ccc2OCCc2ccccc2)c1. The second kappa shape index (κ2) is 11.8. The molecule has 34 heavy (non-hydrogen) atoms. The van der Waals surface area contributed by atoms with Crippen LogP contribution in [-0.2, 0) is 11.2 Å². The van der Waals surface area contributed by atoms with Gasteiger partial charge in [-0.25, -0.2) is 0 Å². The number of carbonyl (C=O) groups is 2. The maximum absolute atomic E-state index is 13.1. The van der Waals surface area contributed by atoms with Crippen LogP contribution in [0, 0.1) is 0 Å². The number of rotatable bonds is 9. The van der Waals surface area contributed by atoms with Crippen molar-refractivity contribution in [1.82, 2.24) is 5.32 Å². The van der Waals surface area contributed by atoms with Crippen molar-refractivity contribution in [3.05, 3.63) is 94.0 Å². The molecule has 0 saturated carbocycles. The Morgan fingerprint density at radius 3 is 2.65 bits per heavy atom. The van der Waals surface area contributed by atoms with Gasteiger partial charge < -0.3 is 20.1 Å². The smallest absolute Gasteiger partial charge is 0.259 e. The van der Waals surface area contributed by atoms with Gasteiger partial charge >= 0.3 is 0 Å². The molecular weight excluding hydrogens is 496 g/mol. The van der Waals surface area contributed by atoms with E-state index < -0.39 is 0 Å². The lowest BCUT2D eigenvalue weighted by molar-refractivity contribution is 0.0857. The first-order chi connectivity index (χ1) is 16.6. The zero-order valence-corrected chi connectivity index (χ0v) is 20.3. The van der Waals surface area contributed by atoms with Gasteiger partial charge in [0, 0.05) is 35.3 Å². The number of carbonyl (C=O) groups excluding carboxylic acids is 2. The summed E-state index contributed by atoms with van der Waals surface area (Å²) in [6.45, 7) is 1.68. The molecule has 0 spiro atoms. The van der Waals surface area contributed by atoms with Gasteiger partial charge in [-0.2, -0.15) is 0 Å². The molecule has 2 amide bonds. The number of nitrogens with one attached hydrogen (secondary N) is 2. The van der Waals surface area contributed by atoms with Gasteiger partial charge in [0.15, 0.2) is 0 Å². The van der Waals surface area contributed by atoms with E-state index in [2.05, 4.69) is 26.6 Å². The normalized spacial score (nSPS) is 15.0. The largest absolute Gasteiger partial charge is 0.492 e. The van der Waals surface area contributed by atoms with E-state index in [-0.39, 0.29) is 17.9 Å². The third-order valence-electron chi connectivity index (χ3n) is 5.57. The van der Waals surface area contributed by atoms with Crippen LogP contribution in [0.4, 0.5) is 5.69 Å². The van der Waals surface area contributed by atoms with Gasteiger partial charge in [0.25, 0.3) is 11.8 Å². The van der Waals surface area contributed by atoms with E-state index >= 15 is 0 Å². The maximum Gasteiger partial charge on any atom is 0.259 e. The Morgan fingerprint density at radius 1 is 1.00 bits per heavy atom. The zero-order valence-electron chi connectivity index (χ0n) is 18.8. The molecule has 1 fully saturated rings. The maximum atomic E-state index is 13.1. The van der Waals surface area contributed by atoms with Crippen molar-refractivity contribution >= 4 is 33.4 Å². The van der Waals surface area contributed by atoms with E-state index in [0.29, 0.717) is 35.7 Å². The minimum absolute atomic E-state index is 0.0728. The molecule has 4 rings (SSSR count). The predicted octanol–water partition coefficient (Wildman–Crippen LogP) is 5.23. The molecule has 0 aliphatic carbocycles. The molecule has 1 aliphatic rings. The van der Waals surface area contributed by atoms with Crippen LogP contribution in [-0.4, -0.2) is 37.7 Å². The number of benzene rings is 3. The minimum atomic E-state index is -0.312. The van der Waals surface area contributed by atoms with Gasteiger partial charge in [0.2, 0.25) is 0 Å². The standard InChI is InChI=1S/C27H27BrN2O4/c28-21-11-12-25(34-15-13-19-6-2-1-3-7-19)24(17-21)27(32)30-22-9-4-8-20(16-22)26(31)29-18-23-10-5-14-33-23/h1-4,6-9,11-12,16-17,23H,5,10,13-15,18H2,(H,29,31)(H,30,32). The summed E-state index contributed by atoms with van der Waals surface area (Å²) in [5.41, 5.74) is 2.59. The average Bonchev–Trinajstić information content (AvgIpc) is 3.38. The third kappa shape index (κ3) is 6.68. The van der Waals surface area contributed by atoms with Gasteiger partial charge in [-0.3, -0.25) is 9.59 Å². The van der Waals surface area contributed by atoms with Crippen LogP contribution in [0.15, 0.2) is 77.3 Å². The molecule has 1 unspecified atom stereocenters. The fraction of sp³-hybridized carbons (Fsp3) is 0.259. The number of halogens is 1. The Hall–Kier alpha value is -3.16. The number of anilines is 1. The summed E-state index contributed by atoms with van der Waals surface area (Å²) in [6.07, 6.45) is 2.79. The van der Waals surface area contributed by atoms with Crippen LogP contribution < -0.4 is 15.4 Å². The first-order valence-electron chi connectivity index (χ1n) is 11.4. The third-order valence-corrected chi connectivity index (χ3v) is 6.07. The molecule has 1 saturated heterocycles. The van der Waals surface area contributed by atoms with Crippen molar-refractivity contribution in [3.63, 3.8) is 0 Å². The van der Waals surface area contributed by atoms with Crippen molar-refractivity contribution in [3.8, 4) is 5.75 Å². The summed E-state index contributed by atoms with van der Waals surface area (Å²) in [4.78, 5) is 25.6. The zero-order chi connectivity index (χ0) is 23.8. The summed E-state index contributed by atoms with van der Waals surface area (Å²) >= 11 is 3.43. The monoisotopic (exact) mass is 522 g/mol. The van der Waals surface area contributed by atoms with Crippen LogP contribution in [0.3, 0.4) is 0 Å². The number of hydrogen-bond donors (Lipinski definition) is 2. The molecule has 176 valence electrons. The van der Waals surface area contributed by atoms with Crippen LogP contribution in [0.2, 0.25) is 0 Å². The number of ether oxygens (including phenoxy) is 2. The van der Waals surface area contributed by atoms with Crippen molar-refractivity contribution in [2.45, 2.75) is 25.4 Å². The molecule has 0 aromatic heterocycles. The van der Waals surface area contributed by atoms with Crippen molar-refractivity contribution < 1.29 is 19.1 Å². The highest BCUT2D eigenvalue weighted by Gasteiger charge is 2.18. The molecule has 6 nitrogen and oxygen atoms in total. The molecule has 2 N–H and O–H groups in total. The molecule has 7 heteroatoms. The first-order valence-corrected chi connectivity index (χ1v) is 12.2. The summed E-state index contributed by atoms with van der Waals surface area (Å²) in [7, 11) is 0. The molecule has 1 heterocycles. The van der Waals surface area contributed by atoms with E-state index in [1.54, 1.807) is 36.4 Å². The highest BCUT2D eigenvalue weighted by molar-refractivity contribution is 9.10. The highest BCUT2D eigenvalue weighted by Crippen LogP contribution is 2.25. The lowest BCUT2D eigenvalue weighted by Gasteiger charge is -2.14. The molecule has 0 radical (unpaired) electrons. The Bertz CT molecular complexity index is 1130. The summed E-state index contributed by atoms with van der Waals surface area (Å²) in [6, 6.07) is 22.3. The van der Waals surface area contributed by atoms with Crippen molar-refractivity contribution in [1.29, 1.82) is 0 Å². The van der Waals surface area contributed by atoms with Gasteiger partial charge in [-0.1, -0.05) is 52.3 Å². The fourth-order valence-corrected chi connectivity index (χ4v) is 4.14. The average molecular weight is 523 g/mol. The predicted molar refractivity (Wildman–Crippen MR) is 135 cm³/mol. The topological polar surface area (TPSA) is 76.7 Å². The van der Waals surface area contributed by atoms with Crippen molar-refractivity contribution in [2.75, 3.05) is 25.1 Å². The molecule has 3 aromatic carbocycles. The molecule has 1 aliphatic heterocycles. The second-order valence-corrected chi connectivity index (χ2v) is 9.02. The molecule has 1 atom stereocenters. The van der Waals surface area contributed by atoms with Gasteiger partial charge in [0.05, 0.1) is 18.3 Å². The van der Waals surface area contributed by atoms with Crippen molar-refractivity contribution in [2.24, 2.45) is 0 Å². The fourth-order valence-electron chi connectivity index (χ4n) is 3.78. The minimum Gasteiger partial charge on any atom is -0.492 e.